The van der Waals surface area contributed by atoms with E-state index in [9.17, 15) is 9.59 Å². The Hall–Kier alpha value is -2.82. The van der Waals surface area contributed by atoms with Crippen molar-refractivity contribution in [2.24, 2.45) is 5.41 Å². The average Bonchev–Trinajstić information content (AvgIpc) is 3.27. The number of benzene rings is 2. The molecule has 0 heterocycles. The van der Waals surface area contributed by atoms with Gasteiger partial charge in [-0.2, -0.15) is 0 Å². The van der Waals surface area contributed by atoms with E-state index >= 15 is 0 Å². The van der Waals surface area contributed by atoms with Gasteiger partial charge in [-0.15, -0.1) is 0 Å². The van der Waals surface area contributed by atoms with Gasteiger partial charge >= 0.3 is 0 Å². The predicted molar refractivity (Wildman–Crippen MR) is 112 cm³/mol. The summed E-state index contributed by atoms with van der Waals surface area (Å²) in [6, 6.07) is 13.3. The number of amides is 2. The number of hydrogen-bond donors (Lipinski definition) is 2. The topological polar surface area (TPSA) is 67.4 Å². The zero-order valence-corrected chi connectivity index (χ0v) is 17.2. The van der Waals surface area contributed by atoms with Crippen molar-refractivity contribution in [3.63, 3.8) is 0 Å². The third-order valence-corrected chi connectivity index (χ3v) is 5.79. The molecule has 0 bridgehead atoms. The van der Waals surface area contributed by atoms with E-state index in [-0.39, 0.29) is 17.2 Å². The molecule has 2 aromatic rings. The van der Waals surface area contributed by atoms with Gasteiger partial charge in [-0.1, -0.05) is 32.9 Å². The Morgan fingerprint density at radius 1 is 1.07 bits per heavy atom. The average molecular weight is 380 g/mol. The lowest BCUT2D eigenvalue weighted by atomic mass is 9.86. The molecule has 28 heavy (non-hydrogen) atoms. The predicted octanol–water partition coefficient (Wildman–Crippen LogP) is 4.66. The normalized spacial score (nSPS) is 19.6. The van der Waals surface area contributed by atoms with Gasteiger partial charge in [0.1, 0.15) is 5.75 Å². The highest BCUT2D eigenvalue weighted by molar-refractivity contribution is 6.03. The zero-order valence-electron chi connectivity index (χ0n) is 17.2. The van der Waals surface area contributed by atoms with Gasteiger partial charge in [0.25, 0.3) is 0 Å². The van der Waals surface area contributed by atoms with Gasteiger partial charge in [0.15, 0.2) is 0 Å². The number of nitrogens with one attached hydrogen (secondary N) is 2. The van der Waals surface area contributed by atoms with Crippen molar-refractivity contribution in [3.8, 4) is 5.75 Å². The van der Waals surface area contributed by atoms with Crippen LogP contribution in [0.4, 0.5) is 11.4 Å². The fraction of sp³-hybridized carbons (Fsp3) is 0.391. The summed E-state index contributed by atoms with van der Waals surface area (Å²) in [5, 5.41) is 5.95. The molecule has 1 fully saturated rings. The molecule has 1 saturated carbocycles. The molecule has 1 atom stereocenters. The molecule has 2 amide bonds. The minimum Gasteiger partial charge on any atom is -0.497 e. The molecule has 3 rings (SSSR count). The van der Waals surface area contributed by atoms with Crippen molar-refractivity contribution >= 4 is 23.2 Å². The van der Waals surface area contributed by atoms with Crippen LogP contribution in [-0.4, -0.2) is 18.9 Å². The molecule has 5 heteroatoms. The van der Waals surface area contributed by atoms with Crippen LogP contribution in [0.2, 0.25) is 0 Å². The van der Waals surface area contributed by atoms with Gasteiger partial charge in [-0.3, -0.25) is 9.59 Å². The summed E-state index contributed by atoms with van der Waals surface area (Å²) in [6.07, 6.45) is 1.22. The molecule has 148 valence electrons. The van der Waals surface area contributed by atoms with Crippen molar-refractivity contribution in [1.29, 1.82) is 0 Å². The van der Waals surface area contributed by atoms with Crippen molar-refractivity contribution in [2.75, 3.05) is 17.7 Å². The van der Waals surface area contributed by atoms with Crippen LogP contribution in [0.5, 0.6) is 5.75 Å². The number of hydrogen-bond acceptors (Lipinski definition) is 3. The summed E-state index contributed by atoms with van der Waals surface area (Å²) in [4.78, 5) is 24.9. The van der Waals surface area contributed by atoms with Crippen molar-refractivity contribution < 1.29 is 14.3 Å². The lowest BCUT2D eigenvalue weighted by Gasteiger charge is -2.22. The van der Waals surface area contributed by atoms with Crippen LogP contribution in [0.15, 0.2) is 42.5 Å². The maximum Gasteiger partial charge on any atom is 0.235 e. The molecular formula is C23H28N2O3. The Balaban J connectivity index is 1.83. The minimum atomic E-state index is -0.555. The molecule has 1 aliphatic carbocycles. The summed E-state index contributed by atoms with van der Waals surface area (Å²) < 4.78 is 5.24. The maximum absolute atomic E-state index is 13.3. The first-order valence-electron chi connectivity index (χ1n) is 9.60. The molecule has 0 aliphatic heterocycles. The highest BCUT2D eigenvalue weighted by Gasteiger charge is 2.67. The van der Waals surface area contributed by atoms with E-state index in [1.807, 2.05) is 56.3 Å². The van der Waals surface area contributed by atoms with E-state index in [4.69, 9.17) is 4.74 Å². The van der Waals surface area contributed by atoms with E-state index in [1.54, 1.807) is 7.11 Å². The lowest BCUT2D eigenvalue weighted by molar-refractivity contribution is -0.119. The first-order chi connectivity index (χ1) is 13.2. The number of methoxy groups -OCH3 is 1. The van der Waals surface area contributed by atoms with E-state index in [2.05, 4.69) is 24.5 Å². The number of ether oxygens (including phenoxy) is 1. The van der Waals surface area contributed by atoms with Gasteiger partial charge in [-0.25, -0.2) is 0 Å². The van der Waals surface area contributed by atoms with Crippen LogP contribution >= 0.6 is 0 Å². The van der Waals surface area contributed by atoms with Crippen LogP contribution in [0, 0.1) is 12.3 Å². The molecule has 2 N–H and O–H groups in total. The standard InChI is InChI=1S/C23H28N2O3/c1-6-20(26)24-17-9-12-19(15(2)13-17)25-21(27)23(14-22(23,3)4)16-7-10-18(28-5)11-8-16/h7-13H,6,14H2,1-5H3,(H,24,26)(H,25,27). The summed E-state index contributed by atoms with van der Waals surface area (Å²) >= 11 is 0. The fourth-order valence-corrected chi connectivity index (χ4v) is 3.87. The molecule has 0 aromatic heterocycles. The second-order valence-electron chi connectivity index (χ2n) is 8.08. The first kappa shape index (κ1) is 19.9. The molecular weight excluding hydrogens is 352 g/mol. The van der Waals surface area contributed by atoms with Crippen LogP contribution in [0.25, 0.3) is 0 Å². The number of carbonyl (C=O) groups excluding carboxylic acids is 2. The second-order valence-corrected chi connectivity index (χ2v) is 8.08. The van der Waals surface area contributed by atoms with Crippen LogP contribution in [0.1, 0.15) is 44.7 Å². The molecule has 2 aromatic carbocycles. The fourth-order valence-electron chi connectivity index (χ4n) is 3.87. The quantitative estimate of drug-likeness (QED) is 0.766. The minimum absolute atomic E-state index is 0.00360. The zero-order chi connectivity index (χ0) is 20.5. The number of anilines is 2. The maximum atomic E-state index is 13.3. The van der Waals surface area contributed by atoms with Crippen LogP contribution < -0.4 is 15.4 Å². The van der Waals surface area contributed by atoms with E-state index < -0.39 is 5.41 Å². The molecule has 0 spiro atoms. The SMILES string of the molecule is CCC(=O)Nc1ccc(NC(=O)C2(c3ccc(OC)cc3)CC2(C)C)c(C)c1. The molecule has 0 saturated heterocycles. The monoisotopic (exact) mass is 380 g/mol. The highest BCUT2D eigenvalue weighted by atomic mass is 16.5. The van der Waals surface area contributed by atoms with Gasteiger partial charge in [0.05, 0.1) is 12.5 Å². The van der Waals surface area contributed by atoms with Gasteiger partial charge in [0.2, 0.25) is 11.8 Å². The van der Waals surface area contributed by atoms with Crippen molar-refractivity contribution in [3.05, 3.63) is 53.6 Å². The number of carbonyl (C=O) groups is 2. The smallest absolute Gasteiger partial charge is 0.235 e. The Labute approximate surface area is 166 Å². The third-order valence-electron chi connectivity index (χ3n) is 5.79. The van der Waals surface area contributed by atoms with Crippen LogP contribution in [-0.2, 0) is 15.0 Å². The second kappa shape index (κ2) is 7.30. The van der Waals surface area contributed by atoms with Crippen molar-refractivity contribution in [2.45, 2.75) is 46.0 Å². The largest absolute Gasteiger partial charge is 0.497 e. The number of rotatable bonds is 6. The lowest BCUT2D eigenvalue weighted by Crippen LogP contribution is -2.32. The first-order valence-corrected chi connectivity index (χ1v) is 9.60. The Morgan fingerprint density at radius 2 is 1.71 bits per heavy atom. The Kier molecular flexibility index (Phi) is 5.20. The van der Waals surface area contributed by atoms with Gasteiger partial charge in [-0.05, 0) is 60.2 Å². The summed E-state index contributed by atoms with van der Waals surface area (Å²) in [7, 11) is 1.63. The van der Waals surface area contributed by atoms with E-state index in [1.165, 1.54) is 0 Å². The van der Waals surface area contributed by atoms with E-state index in [0.29, 0.717) is 6.42 Å². The molecule has 1 unspecified atom stereocenters. The van der Waals surface area contributed by atoms with Gasteiger partial charge in [0, 0.05) is 17.8 Å². The van der Waals surface area contributed by atoms with E-state index in [0.717, 1.165) is 34.7 Å². The Morgan fingerprint density at radius 3 is 2.21 bits per heavy atom. The molecule has 0 radical (unpaired) electrons. The summed E-state index contributed by atoms with van der Waals surface area (Å²) in [5.74, 6) is 0.740. The highest BCUT2D eigenvalue weighted by Crippen LogP contribution is 2.64. The summed E-state index contributed by atoms with van der Waals surface area (Å²) in [5.41, 5.74) is 2.73. The molecule has 5 nitrogen and oxygen atoms in total. The van der Waals surface area contributed by atoms with Crippen molar-refractivity contribution in [1.82, 2.24) is 0 Å². The van der Waals surface area contributed by atoms with Crippen LogP contribution in [0.3, 0.4) is 0 Å². The third kappa shape index (κ3) is 3.49. The number of aryl methyl sites for hydroxylation is 1. The molecule has 1 aliphatic rings. The Bertz CT molecular complexity index is 903. The van der Waals surface area contributed by atoms with Gasteiger partial charge < -0.3 is 15.4 Å². The summed E-state index contributed by atoms with van der Waals surface area (Å²) in [6.45, 7) is 7.97.